The highest BCUT2D eigenvalue weighted by Crippen LogP contribution is 2.31. The van der Waals surface area contributed by atoms with Crippen LogP contribution in [0.1, 0.15) is 31.2 Å². The Kier molecular flexibility index (Phi) is 5.23. The quantitative estimate of drug-likeness (QED) is 0.766. The van der Waals surface area contributed by atoms with E-state index in [-0.39, 0.29) is 0 Å². The summed E-state index contributed by atoms with van der Waals surface area (Å²) in [5.41, 5.74) is 1.30. The topological polar surface area (TPSA) is 9.23 Å². The zero-order valence-electron chi connectivity index (χ0n) is 10.2. The molecule has 0 saturated heterocycles. The van der Waals surface area contributed by atoms with Gasteiger partial charge in [0.25, 0.3) is 0 Å². The van der Waals surface area contributed by atoms with Crippen molar-refractivity contribution in [1.29, 1.82) is 0 Å². The van der Waals surface area contributed by atoms with Gasteiger partial charge in [0.2, 0.25) is 0 Å². The molecule has 1 aliphatic rings. The van der Waals surface area contributed by atoms with E-state index in [2.05, 4.69) is 22.0 Å². The van der Waals surface area contributed by atoms with Crippen LogP contribution in [0.3, 0.4) is 0 Å². The number of thioether (sulfide) groups is 1. The first-order chi connectivity index (χ1) is 8.29. The largest absolute Gasteiger partial charge is 0.496 e. The number of ether oxygens (including phenoxy) is 1. The third-order valence-electron chi connectivity index (χ3n) is 3.33. The molecule has 94 valence electrons. The molecule has 0 aromatic heterocycles. The number of methoxy groups -OCH3 is 1. The van der Waals surface area contributed by atoms with Crippen molar-refractivity contribution in [2.75, 3.05) is 12.9 Å². The molecule has 0 atom stereocenters. The number of hydrogen-bond acceptors (Lipinski definition) is 2. The van der Waals surface area contributed by atoms with E-state index in [9.17, 15) is 0 Å². The van der Waals surface area contributed by atoms with Crippen LogP contribution in [0, 0.1) is 5.92 Å². The molecular weight excluding hydrogens is 296 g/mol. The monoisotopic (exact) mass is 314 g/mol. The fourth-order valence-corrected chi connectivity index (χ4v) is 4.01. The smallest absolute Gasteiger partial charge is 0.122 e. The van der Waals surface area contributed by atoms with E-state index in [1.165, 1.54) is 37.0 Å². The maximum atomic E-state index is 5.39. The van der Waals surface area contributed by atoms with Crippen molar-refractivity contribution >= 4 is 27.7 Å². The standard InChI is InChI=1S/C14H19BrOS/c1-16-14-7-6-13(15)8-12(14)10-17-9-11-4-2-3-5-11/h6-8,11H,2-5,9-10H2,1H3. The van der Waals surface area contributed by atoms with E-state index in [0.717, 1.165) is 21.9 Å². The Morgan fingerprint density at radius 1 is 1.35 bits per heavy atom. The van der Waals surface area contributed by atoms with Crippen molar-refractivity contribution in [3.63, 3.8) is 0 Å². The Morgan fingerprint density at radius 2 is 2.12 bits per heavy atom. The van der Waals surface area contributed by atoms with Gasteiger partial charge in [0.05, 0.1) is 7.11 Å². The Bertz CT molecular complexity index is 361. The number of halogens is 1. The summed E-state index contributed by atoms with van der Waals surface area (Å²) in [4.78, 5) is 0. The molecule has 0 spiro atoms. The highest BCUT2D eigenvalue weighted by atomic mass is 79.9. The van der Waals surface area contributed by atoms with Gasteiger partial charge in [-0.15, -0.1) is 0 Å². The lowest BCUT2D eigenvalue weighted by Crippen LogP contribution is -1.98. The highest BCUT2D eigenvalue weighted by Gasteiger charge is 2.15. The van der Waals surface area contributed by atoms with Crippen molar-refractivity contribution in [1.82, 2.24) is 0 Å². The molecule has 0 unspecified atom stereocenters. The van der Waals surface area contributed by atoms with Gasteiger partial charge in [-0.2, -0.15) is 11.8 Å². The van der Waals surface area contributed by atoms with E-state index in [4.69, 9.17) is 4.74 Å². The molecule has 0 heterocycles. The summed E-state index contributed by atoms with van der Waals surface area (Å²) in [6, 6.07) is 6.24. The van der Waals surface area contributed by atoms with Gasteiger partial charge in [-0.05, 0) is 42.7 Å². The first-order valence-corrected chi connectivity index (χ1v) is 8.14. The molecule has 1 aromatic rings. The zero-order chi connectivity index (χ0) is 12.1. The average molecular weight is 315 g/mol. The highest BCUT2D eigenvalue weighted by molar-refractivity contribution is 9.10. The lowest BCUT2D eigenvalue weighted by atomic mass is 10.1. The molecule has 0 bridgehead atoms. The van der Waals surface area contributed by atoms with Crippen LogP contribution < -0.4 is 4.74 Å². The normalized spacial score (nSPS) is 16.4. The van der Waals surface area contributed by atoms with E-state index in [0.29, 0.717) is 0 Å². The van der Waals surface area contributed by atoms with Crippen LogP contribution >= 0.6 is 27.7 Å². The molecule has 0 aliphatic heterocycles. The predicted octanol–water partition coefficient (Wildman–Crippen LogP) is 4.88. The van der Waals surface area contributed by atoms with Crippen LogP contribution in [0.2, 0.25) is 0 Å². The first kappa shape index (κ1) is 13.3. The summed E-state index contributed by atoms with van der Waals surface area (Å²) in [5, 5.41) is 0. The second kappa shape index (κ2) is 6.69. The summed E-state index contributed by atoms with van der Waals surface area (Å²) in [6.07, 6.45) is 5.74. The van der Waals surface area contributed by atoms with Gasteiger partial charge in [-0.1, -0.05) is 28.8 Å². The minimum Gasteiger partial charge on any atom is -0.496 e. The Hall–Kier alpha value is -0.150. The minimum absolute atomic E-state index is 0.957. The summed E-state index contributed by atoms with van der Waals surface area (Å²) in [5.74, 6) is 4.32. The van der Waals surface area contributed by atoms with Gasteiger partial charge in [0, 0.05) is 15.8 Å². The maximum absolute atomic E-state index is 5.39. The zero-order valence-corrected chi connectivity index (χ0v) is 12.6. The van der Waals surface area contributed by atoms with Crippen LogP contribution in [-0.4, -0.2) is 12.9 Å². The second-order valence-corrected chi connectivity index (χ2v) is 6.57. The lowest BCUT2D eigenvalue weighted by molar-refractivity contribution is 0.411. The van der Waals surface area contributed by atoms with Crippen LogP contribution in [-0.2, 0) is 5.75 Å². The molecule has 2 rings (SSSR count). The van der Waals surface area contributed by atoms with E-state index < -0.39 is 0 Å². The molecule has 1 fully saturated rings. The fraction of sp³-hybridized carbons (Fsp3) is 0.571. The molecule has 0 radical (unpaired) electrons. The molecule has 0 N–H and O–H groups in total. The number of benzene rings is 1. The molecule has 1 aromatic carbocycles. The van der Waals surface area contributed by atoms with Crippen molar-refractivity contribution in [3.05, 3.63) is 28.2 Å². The molecule has 0 amide bonds. The maximum Gasteiger partial charge on any atom is 0.122 e. The van der Waals surface area contributed by atoms with Gasteiger partial charge < -0.3 is 4.74 Å². The van der Waals surface area contributed by atoms with E-state index in [1.54, 1.807) is 7.11 Å². The van der Waals surface area contributed by atoms with Crippen molar-refractivity contribution in [2.24, 2.45) is 5.92 Å². The molecule has 1 saturated carbocycles. The predicted molar refractivity (Wildman–Crippen MR) is 78.8 cm³/mol. The molecule has 17 heavy (non-hydrogen) atoms. The summed E-state index contributed by atoms with van der Waals surface area (Å²) in [7, 11) is 1.74. The van der Waals surface area contributed by atoms with Crippen molar-refractivity contribution in [3.8, 4) is 5.75 Å². The Labute approximate surface area is 116 Å². The first-order valence-electron chi connectivity index (χ1n) is 6.20. The minimum atomic E-state index is 0.957. The van der Waals surface area contributed by atoms with Crippen LogP contribution in [0.25, 0.3) is 0 Å². The van der Waals surface area contributed by atoms with Gasteiger partial charge in [0.15, 0.2) is 0 Å². The second-order valence-electron chi connectivity index (χ2n) is 4.62. The van der Waals surface area contributed by atoms with Crippen molar-refractivity contribution < 1.29 is 4.74 Å². The summed E-state index contributed by atoms with van der Waals surface area (Å²) in [6.45, 7) is 0. The number of rotatable bonds is 5. The van der Waals surface area contributed by atoms with Gasteiger partial charge in [0.1, 0.15) is 5.75 Å². The summed E-state index contributed by atoms with van der Waals surface area (Å²) >= 11 is 5.56. The third kappa shape index (κ3) is 3.92. The van der Waals surface area contributed by atoms with Crippen LogP contribution in [0.15, 0.2) is 22.7 Å². The molecule has 3 heteroatoms. The SMILES string of the molecule is COc1ccc(Br)cc1CSCC1CCCC1. The van der Waals surface area contributed by atoms with Gasteiger partial charge in [-0.25, -0.2) is 0 Å². The van der Waals surface area contributed by atoms with Gasteiger partial charge in [-0.3, -0.25) is 0 Å². The Morgan fingerprint density at radius 3 is 2.82 bits per heavy atom. The Balaban J connectivity index is 1.86. The fourth-order valence-electron chi connectivity index (χ4n) is 2.37. The van der Waals surface area contributed by atoms with Crippen LogP contribution in [0.5, 0.6) is 5.75 Å². The third-order valence-corrected chi connectivity index (χ3v) is 5.04. The molecule has 1 aliphatic carbocycles. The summed E-state index contributed by atoms with van der Waals surface area (Å²) < 4.78 is 6.52. The molecule has 1 nitrogen and oxygen atoms in total. The average Bonchev–Trinajstić information content (AvgIpc) is 2.82. The van der Waals surface area contributed by atoms with Crippen LogP contribution in [0.4, 0.5) is 0 Å². The lowest BCUT2D eigenvalue weighted by Gasteiger charge is -2.11. The van der Waals surface area contributed by atoms with E-state index in [1.807, 2.05) is 23.9 Å². The van der Waals surface area contributed by atoms with E-state index >= 15 is 0 Å². The number of hydrogen-bond donors (Lipinski definition) is 0. The molecular formula is C14H19BrOS. The van der Waals surface area contributed by atoms with Crippen molar-refractivity contribution in [2.45, 2.75) is 31.4 Å². The van der Waals surface area contributed by atoms with Gasteiger partial charge >= 0.3 is 0 Å².